The molecule has 2 aromatic heterocycles. The fourth-order valence-electron chi connectivity index (χ4n) is 1.56. The van der Waals surface area contributed by atoms with Crippen LogP contribution < -0.4 is 5.73 Å². The van der Waals surface area contributed by atoms with Gasteiger partial charge in [0.1, 0.15) is 0 Å². The van der Waals surface area contributed by atoms with E-state index < -0.39 is 0 Å². The summed E-state index contributed by atoms with van der Waals surface area (Å²) in [6.07, 6.45) is 3.29. The summed E-state index contributed by atoms with van der Waals surface area (Å²) in [5.41, 5.74) is 7.24. The molecule has 0 saturated heterocycles. The zero-order valence-corrected chi connectivity index (χ0v) is 10.0. The van der Waals surface area contributed by atoms with Crippen molar-refractivity contribution in [3.05, 3.63) is 48.3 Å². The predicted octanol–water partition coefficient (Wildman–Crippen LogP) is 0.578. The van der Waals surface area contributed by atoms with E-state index in [4.69, 9.17) is 5.73 Å². The van der Waals surface area contributed by atoms with Gasteiger partial charge in [0.25, 0.3) is 5.95 Å². The van der Waals surface area contributed by atoms with Crippen molar-refractivity contribution in [1.82, 2.24) is 30.2 Å². The van der Waals surface area contributed by atoms with Crippen LogP contribution in [0.4, 0.5) is 0 Å². The first kappa shape index (κ1) is 11.4. The van der Waals surface area contributed by atoms with Crippen molar-refractivity contribution < 1.29 is 0 Å². The van der Waals surface area contributed by atoms with Gasteiger partial charge in [0.15, 0.2) is 0 Å². The standard InChI is InChI=1S/C12H11N7/c13-6-9-7-14-12(15-8-9)19-17-11(16-18-19)10-4-2-1-3-5-10/h1-5,7-8H,6,13H2. The van der Waals surface area contributed by atoms with Crippen LogP contribution in [0.3, 0.4) is 0 Å². The summed E-state index contributed by atoms with van der Waals surface area (Å²) in [5.74, 6) is 0.902. The molecule has 7 heteroatoms. The second-order valence-electron chi connectivity index (χ2n) is 3.86. The average molecular weight is 253 g/mol. The first-order valence-corrected chi connectivity index (χ1v) is 5.73. The van der Waals surface area contributed by atoms with Gasteiger partial charge in [-0.25, -0.2) is 9.97 Å². The molecule has 0 aliphatic rings. The molecule has 0 unspecified atom stereocenters. The molecule has 2 N–H and O–H groups in total. The minimum Gasteiger partial charge on any atom is -0.326 e. The van der Waals surface area contributed by atoms with Gasteiger partial charge in [0.05, 0.1) is 0 Å². The molecule has 0 amide bonds. The van der Waals surface area contributed by atoms with Crippen LogP contribution in [0.25, 0.3) is 17.3 Å². The number of rotatable bonds is 3. The second-order valence-corrected chi connectivity index (χ2v) is 3.86. The number of tetrazole rings is 1. The van der Waals surface area contributed by atoms with Gasteiger partial charge in [-0.3, -0.25) is 0 Å². The predicted molar refractivity (Wildman–Crippen MR) is 68.1 cm³/mol. The van der Waals surface area contributed by atoms with E-state index in [-0.39, 0.29) is 0 Å². The number of hydrogen-bond acceptors (Lipinski definition) is 6. The Bertz CT molecular complexity index is 660. The highest BCUT2D eigenvalue weighted by atomic mass is 15.6. The molecule has 0 atom stereocenters. The second kappa shape index (κ2) is 4.91. The maximum Gasteiger partial charge on any atom is 0.270 e. The van der Waals surface area contributed by atoms with Crippen LogP contribution in [0.1, 0.15) is 5.56 Å². The Morgan fingerprint density at radius 3 is 2.47 bits per heavy atom. The van der Waals surface area contributed by atoms with E-state index in [1.807, 2.05) is 30.3 Å². The van der Waals surface area contributed by atoms with Gasteiger partial charge >= 0.3 is 0 Å². The molecule has 0 radical (unpaired) electrons. The molecule has 3 aromatic rings. The number of aromatic nitrogens is 6. The van der Waals surface area contributed by atoms with Gasteiger partial charge in [-0.2, -0.15) is 0 Å². The minimum atomic E-state index is 0.367. The fraction of sp³-hybridized carbons (Fsp3) is 0.0833. The van der Waals surface area contributed by atoms with Crippen molar-refractivity contribution in [2.24, 2.45) is 5.73 Å². The zero-order chi connectivity index (χ0) is 13.1. The molecular formula is C12H11N7. The Kier molecular flexibility index (Phi) is 2.95. The van der Waals surface area contributed by atoms with Crippen LogP contribution in [0.15, 0.2) is 42.7 Å². The Morgan fingerprint density at radius 2 is 1.79 bits per heavy atom. The maximum absolute atomic E-state index is 5.49. The summed E-state index contributed by atoms with van der Waals surface area (Å²) >= 11 is 0. The first-order valence-electron chi connectivity index (χ1n) is 5.73. The zero-order valence-electron chi connectivity index (χ0n) is 10.0. The van der Waals surface area contributed by atoms with E-state index in [1.54, 1.807) is 12.4 Å². The highest BCUT2D eigenvalue weighted by Crippen LogP contribution is 2.12. The lowest BCUT2D eigenvalue weighted by molar-refractivity contribution is 0.676. The van der Waals surface area contributed by atoms with Crippen molar-refractivity contribution in [1.29, 1.82) is 0 Å². The van der Waals surface area contributed by atoms with Gasteiger partial charge in [0.2, 0.25) is 5.82 Å². The van der Waals surface area contributed by atoms with E-state index in [9.17, 15) is 0 Å². The summed E-state index contributed by atoms with van der Waals surface area (Å²) in [5, 5.41) is 12.2. The third-order valence-electron chi connectivity index (χ3n) is 2.55. The minimum absolute atomic E-state index is 0.367. The molecule has 0 saturated carbocycles. The normalized spacial score (nSPS) is 10.6. The molecule has 0 fully saturated rings. The van der Waals surface area contributed by atoms with Gasteiger partial charge in [-0.05, 0) is 5.21 Å². The third kappa shape index (κ3) is 2.31. The first-order chi connectivity index (χ1) is 9.36. The monoisotopic (exact) mass is 253 g/mol. The highest BCUT2D eigenvalue weighted by molar-refractivity contribution is 5.53. The molecule has 0 aliphatic heterocycles. The number of nitrogens with two attached hydrogens (primary N) is 1. The molecule has 0 aliphatic carbocycles. The largest absolute Gasteiger partial charge is 0.326 e. The van der Waals surface area contributed by atoms with E-state index >= 15 is 0 Å². The Morgan fingerprint density at radius 1 is 1.05 bits per heavy atom. The Balaban J connectivity index is 1.92. The number of nitrogens with zero attached hydrogens (tertiary/aromatic N) is 6. The van der Waals surface area contributed by atoms with Crippen LogP contribution in [0.5, 0.6) is 0 Å². The van der Waals surface area contributed by atoms with Crippen molar-refractivity contribution in [3.8, 4) is 17.3 Å². The molecule has 0 bridgehead atoms. The molecule has 1 aromatic carbocycles. The fourth-order valence-corrected chi connectivity index (χ4v) is 1.56. The summed E-state index contributed by atoms with van der Waals surface area (Å²) < 4.78 is 0. The lowest BCUT2D eigenvalue weighted by Gasteiger charge is -1.97. The van der Waals surface area contributed by atoms with Crippen molar-refractivity contribution in [2.45, 2.75) is 6.54 Å². The van der Waals surface area contributed by atoms with Crippen molar-refractivity contribution in [3.63, 3.8) is 0 Å². The van der Waals surface area contributed by atoms with Crippen LogP contribution in [-0.4, -0.2) is 30.2 Å². The number of benzene rings is 1. The molecule has 7 nitrogen and oxygen atoms in total. The average Bonchev–Trinajstić information content (AvgIpc) is 2.98. The quantitative estimate of drug-likeness (QED) is 0.733. The lowest BCUT2D eigenvalue weighted by atomic mass is 10.2. The summed E-state index contributed by atoms with van der Waals surface area (Å²) in [7, 11) is 0. The Labute approximate surface area is 109 Å². The molecular weight excluding hydrogens is 242 g/mol. The van der Waals surface area contributed by atoms with Crippen LogP contribution in [0, 0.1) is 0 Å². The molecule has 2 heterocycles. The van der Waals surface area contributed by atoms with E-state index in [0.29, 0.717) is 18.3 Å². The topological polar surface area (TPSA) is 95.4 Å². The smallest absolute Gasteiger partial charge is 0.270 e. The maximum atomic E-state index is 5.49. The summed E-state index contributed by atoms with van der Waals surface area (Å²) in [6, 6.07) is 9.60. The summed E-state index contributed by atoms with van der Waals surface area (Å²) in [4.78, 5) is 9.56. The van der Waals surface area contributed by atoms with Gasteiger partial charge in [-0.1, -0.05) is 35.1 Å². The van der Waals surface area contributed by atoms with Crippen molar-refractivity contribution >= 4 is 0 Å². The SMILES string of the molecule is NCc1cnc(-n2nnc(-c3ccccc3)n2)nc1. The lowest BCUT2D eigenvalue weighted by Crippen LogP contribution is -2.06. The highest BCUT2D eigenvalue weighted by Gasteiger charge is 2.08. The van der Waals surface area contributed by atoms with Gasteiger partial charge < -0.3 is 5.73 Å². The molecule has 19 heavy (non-hydrogen) atoms. The molecule has 94 valence electrons. The number of hydrogen-bond donors (Lipinski definition) is 1. The Hall–Kier alpha value is -2.67. The van der Waals surface area contributed by atoms with Gasteiger partial charge in [-0.15, -0.1) is 10.2 Å². The molecule has 0 spiro atoms. The van der Waals surface area contributed by atoms with Crippen LogP contribution >= 0.6 is 0 Å². The van der Waals surface area contributed by atoms with E-state index in [1.165, 1.54) is 4.80 Å². The van der Waals surface area contributed by atoms with Gasteiger partial charge in [0, 0.05) is 30.1 Å². The van der Waals surface area contributed by atoms with Crippen LogP contribution in [-0.2, 0) is 6.54 Å². The van der Waals surface area contributed by atoms with E-state index in [2.05, 4.69) is 25.4 Å². The summed E-state index contributed by atoms with van der Waals surface area (Å²) in [6.45, 7) is 0.403. The molecule has 3 rings (SSSR count). The third-order valence-corrected chi connectivity index (χ3v) is 2.55. The van der Waals surface area contributed by atoms with Crippen LogP contribution in [0.2, 0.25) is 0 Å². The van der Waals surface area contributed by atoms with Crippen molar-refractivity contribution in [2.75, 3.05) is 0 Å². The van der Waals surface area contributed by atoms with E-state index in [0.717, 1.165) is 11.1 Å².